The van der Waals surface area contributed by atoms with Crippen molar-refractivity contribution in [2.24, 2.45) is 0 Å². The summed E-state index contributed by atoms with van der Waals surface area (Å²) in [5, 5.41) is 10.1. The van der Waals surface area contributed by atoms with Gasteiger partial charge in [-0.05, 0) is 12.3 Å². The van der Waals surface area contributed by atoms with Crippen LogP contribution in [0.5, 0.6) is 11.5 Å². The van der Waals surface area contributed by atoms with Gasteiger partial charge in [0.25, 0.3) is 0 Å². The van der Waals surface area contributed by atoms with E-state index in [2.05, 4.69) is 6.21 Å². The molecule has 1 unspecified atom stereocenters. The van der Waals surface area contributed by atoms with Crippen molar-refractivity contribution in [2.45, 2.75) is 11.0 Å². The number of nitrogens with zero attached hydrogens (tertiary/aromatic N) is 1. The fourth-order valence-electron chi connectivity index (χ4n) is 2.30. The van der Waals surface area contributed by atoms with E-state index in [-0.39, 0.29) is 23.8 Å². The molecule has 1 aromatic carbocycles. The number of hydrogen-bond donors (Lipinski definition) is 1. The SMILES string of the molecule is CSc1c2c(cc3c1OCO3)C(O)C[N+](C)=C2.[Br-]. The molecule has 0 saturated heterocycles. The van der Waals surface area contributed by atoms with Crippen LogP contribution in [0, 0.1) is 0 Å². The van der Waals surface area contributed by atoms with Gasteiger partial charge in [-0.1, -0.05) is 0 Å². The highest BCUT2D eigenvalue weighted by Crippen LogP contribution is 2.45. The highest BCUT2D eigenvalue weighted by molar-refractivity contribution is 7.98. The number of halogens is 1. The van der Waals surface area contributed by atoms with E-state index in [0.29, 0.717) is 6.54 Å². The summed E-state index contributed by atoms with van der Waals surface area (Å²) in [5.41, 5.74) is 1.97. The molecule has 98 valence electrons. The molecule has 0 saturated carbocycles. The summed E-state index contributed by atoms with van der Waals surface area (Å²) in [4.78, 5) is 1.04. The molecule has 0 aliphatic carbocycles. The monoisotopic (exact) mass is 331 g/mol. The molecule has 18 heavy (non-hydrogen) atoms. The first-order valence-electron chi connectivity index (χ1n) is 5.44. The van der Waals surface area contributed by atoms with E-state index in [4.69, 9.17) is 9.47 Å². The molecule has 1 atom stereocenters. The van der Waals surface area contributed by atoms with Gasteiger partial charge in [-0.15, -0.1) is 11.8 Å². The Hall–Kier alpha value is -0.720. The van der Waals surface area contributed by atoms with Crippen molar-refractivity contribution < 1.29 is 36.1 Å². The Labute approximate surface area is 120 Å². The minimum Gasteiger partial charge on any atom is -1.00 e. The fourth-order valence-corrected chi connectivity index (χ4v) is 3.04. The fraction of sp³-hybridized carbons (Fsp3) is 0.417. The molecular formula is C12H14BrNO3S. The molecule has 0 radical (unpaired) electrons. The number of aliphatic hydroxyl groups is 1. The van der Waals surface area contributed by atoms with Crippen molar-refractivity contribution in [1.29, 1.82) is 0 Å². The van der Waals surface area contributed by atoms with Gasteiger partial charge in [-0.2, -0.15) is 0 Å². The molecular weight excluding hydrogens is 318 g/mol. The molecule has 0 amide bonds. The topological polar surface area (TPSA) is 41.7 Å². The van der Waals surface area contributed by atoms with Gasteiger partial charge in [-0.3, -0.25) is 0 Å². The van der Waals surface area contributed by atoms with Crippen LogP contribution in [0.4, 0.5) is 0 Å². The van der Waals surface area contributed by atoms with E-state index >= 15 is 0 Å². The van der Waals surface area contributed by atoms with Gasteiger partial charge in [0, 0.05) is 5.56 Å². The lowest BCUT2D eigenvalue weighted by molar-refractivity contribution is -0.505. The minimum atomic E-state index is -0.472. The van der Waals surface area contributed by atoms with Crippen molar-refractivity contribution >= 4 is 18.0 Å². The first-order valence-corrected chi connectivity index (χ1v) is 6.67. The summed E-state index contributed by atoms with van der Waals surface area (Å²) in [6.07, 6.45) is 3.59. The lowest BCUT2D eigenvalue weighted by Crippen LogP contribution is -3.00. The van der Waals surface area contributed by atoms with E-state index in [1.165, 1.54) is 0 Å². The normalized spacial score (nSPS) is 19.9. The van der Waals surface area contributed by atoms with Crippen LogP contribution in [-0.2, 0) is 0 Å². The second-order valence-corrected chi connectivity index (χ2v) is 5.05. The number of aliphatic hydroxyl groups excluding tert-OH is 1. The van der Waals surface area contributed by atoms with Gasteiger partial charge in [0.15, 0.2) is 24.3 Å². The van der Waals surface area contributed by atoms with E-state index in [9.17, 15) is 5.11 Å². The highest BCUT2D eigenvalue weighted by Gasteiger charge is 2.31. The van der Waals surface area contributed by atoms with E-state index in [1.807, 2.05) is 23.9 Å². The van der Waals surface area contributed by atoms with Crippen LogP contribution < -0.4 is 26.5 Å². The maximum Gasteiger partial charge on any atom is 0.231 e. The second kappa shape index (κ2) is 5.11. The number of benzene rings is 1. The predicted molar refractivity (Wildman–Crippen MR) is 65.5 cm³/mol. The van der Waals surface area contributed by atoms with E-state index < -0.39 is 6.10 Å². The van der Waals surface area contributed by atoms with Crippen LogP contribution >= 0.6 is 11.8 Å². The molecule has 2 heterocycles. The second-order valence-electron chi connectivity index (χ2n) is 4.23. The number of thioether (sulfide) groups is 1. The Morgan fingerprint density at radius 3 is 2.94 bits per heavy atom. The Morgan fingerprint density at radius 1 is 1.44 bits per heavy atom. The quantitative estimate of drug-likeness (QED) is 0.489. The molecule has 1 aromatic rings. The van der Waals surface area contributed by atoms with Gasteiger partial charge in [0.2, 0.25) is 6.79 Å². The number of hydrogen-bond acceptors (Lipinski definition) is 4. The zero-order valence-electron chi connectivity index (χ0n) is 10.1. The predicted octanol–water partition coefficient (Wildman–Crippen LogP) is -1.75. The van der Waals surface area contributed by atoms with Gasteiger partial charge < -0.3 is 31.6 Å². The third-order valence-electron chi connectivity index (χ3n) is 3.06. The number of β-amino-alcohol motifs (C(OH)–C–C–N with tert-alkyl or cyclic N) is 1. The Morgan fingerprint density at radius 2 is 2.22 bits per heavy atom. The van der Waals surface area contributed by atoms with Crippen LogP contribution in [0.2, 0.25) is 0 Å². The summed E-state index contributed by atoms with van der Waals surface area (Å²) in [7, 11) is 1.96. The summed E-state index contributed by atoms with van der Waals surface area (Å²) >= 11 is 1.62. The van der Waals surface area contributed by atoms with Gasteiger partial charge >= 0.3 is 0 Å². The van der Waals surface area contributed by atoms with Crippen molar-refractivity contribution in [3.8, 4) is 11.5 Å². The lowest BCUT2D eigenvalue weighted by Gasteiger charge is -2.19. The number of fused-ring (bicyclic) bond motifs is 2. The van der Waals surface area contributed by atoms with Crippen molar-refractivity contribution in [2.75, 3.05) is 26.6 Å². The van der Waals surface area contributed by atoms with Crippen LogP contribution in [0.25, 0.3) is 0 Å². The van der Waals surface area contributed by atoms with Crippen molar-refractivity contribution in [1.82, 2.24) is 0 Å². The zero-order valence-corrected chi connectivity index (χ0v) is 12.5. The third-order valence-corrected chi connectivity index (χ3v) is 3.88. The zero-order chi connectivity index (χ0) is 12.0. The summed E-state index contributed by atoms with van der Waals surface area (Å²) in [5.74, 6) is 1.54. The largest absolute Gasteiger partial charge is 1.00 e. The van der Waals surface area contributed by atoms with E-state index in [0.717, 1.165) is 27.5 Å². The lowest BCUT2D eigenvalue weighted by atomic mass is 9.99. The number of rotatable bonds is 1. The molecule has 6 heteroatoms. The number of ether oxygens (including phenoxy) is 2. The Bertz CT molecular complexity index is 519. The van der Waals surface area contributed by atoms with Gasteiger partial charge in [0.05, 0.1) is 10.5 Å². The Balaban J connectivity index is 0.00000120. The average Bonchev–Trinajstić information content (AvgIpc) is 2.74. The smallest absolute Gasteiger partial charge is 0.231 e. The molecule has 1 N–H and O–H groups in total. The summed E-state index contributed by atoms with van der Waals surface area (Å²) < 4.78 is 12.9. The molecule has 2 aliphatic rings. The van der Waals surface area contributed by atoms with Crippen LogP contribution in [0.1, 0.15) is 17.2 Å². The summed E-state index contributed by atoms with van der Waals surface area (Å²) in [6, 6.07) is 1.89. The maximum absolute atomic E-state index is 10.1. The number of likely N-dealkylation sites (N-methyl/N-ethyl adjacent to an activating group) is 1. The molecule has 0 fully saturated rings. The molecule has 0 aromatic heterocycles. The third kappa shape index (κ3) is 2.02. The van der Waals surface area contributed by atoms with Gasteiger partial charge in [0.1, 0.15) is 13.2 Å². The molecule has 0 bridgehead atoms. The molecule has 2 aliphatic heterocycles. The maximum atomic E-state index is 10.1. The van der Waals surface area contributed by atoms with Gasteiger partial charge in [-0.25, -0.2) is 4.58 Å². The first kappa shape index (κ1) is 13.7. The minimum absolute atomic E-state index is 0. The highest BCUT2D eigenvalue weighted by atomic mass is 79.9. The van der Waals surface area contributed by atoms with Crippen molar-refractivity contribution in [3.05, 3.63) is 17.2 Å². The van der Waals surface area contributed by atoms with Crippen LogP contribution in [-0.4, -0.2) is 42.5 Å². The van der Waals surface area contributed by atoms with Crippen molar-refractivity contribution in [3.63, 3.8) is 0 Å². The van der Waals surface area contributed by atoms with E-state index in [1.54, 1.807) is 11.8 Å². The molecule has 4 nitrogen and oxygen atoms in total. The standard InChI is InChI=1S/C12H14NO3S.BrH/c1-13-4-8-7(9(14)5-13)3-10-11(12(8)17-2)16-6-15-10;/h3-4,9,14H,5-6H2,1-2H3;1H/q+1;/p-1. The molecule has 0 spiro atoms. The molecule has 3 rings (SSSR count). The Kier molecular flexibility index (Phi) is 3.89. The first-order chi connectivity index (χ1) is 8.20. The average molecular weight is 332 g/mol. The van der Waals surface area contributed by atoms with Crippen LogP contribution in [0.15, 0.2) is 11.0 Å². The summed E-state index contributed by atoms with van der Waals surface area (Å²) in [6.45, 7) is 0.873. The van der Waals surface area contributed by atoms with Crippen LogP contribution in [0.3, 0.4) is 0 Å².